The van der Waals surface area contributed by atoms with Crippen molar-refractivity contribution in [2.24, 2.45) is 17.6 Å². The highest BCUT2D eigenvalue weighted by Gasteiger charge is 2.32. The normalized spacial score (nSPS) is 16.7. The van der Waals surface area contributed by atoms with Crippen LogP contribution in [0.5, 0.6) is 0 Å². The van der Waals surface area contributed by atoms with Gasteiger partial charge >= 0.3 is 6.09 Å². The largest absolute Gasteiger partial charge is 0.444 e. The van der Waals surface area contributed by atoms with E-state index in [-0.39, 0.29) is 24.1 Å². The molecule has 1 aliphatic rings. The van der Waals surface area contributed by atoms with Crippen molar-refractivity contribution >= 4 is 12.0 Å². The molecule has 1 aliphatic heterocycles. The molecule has 170 valence electrons. The zero-order valence-electron chi connectivity index (χ0n) is 19.7. The van der Waals surface area contributed by atoms with Gasteiger partial charge in [-0.05, 0) is 52.0 Å². The molecule has 1 saturated heterocycles. The number of rotatable bonds is 9. The highest BCUT2D eigenvalue weighted by molar-refractivity contribution is 5.82. The molecule has 1 heterocycles. The van der Waals surface area contributed by atoms with Gasteiger partial charge in [0.2, 0.25) is 5.91 Å². The Balaban J connectivity index is 2.72. The summed E-state index contributed by atoms with van der Waals surface area (Å²) in [5.74, 6) is 1.03. The number of carbonyl (C=O) groups excluding carboxylic acids is 2. The monoisotopic (exact) mass is 412 g/mol. The van der Waals surface area contributed by atoms with E-state index in [1.54, 1.807) is 4.90 Å². The molecule has 0 bridgehead atoms. The van der Waals surface area contributed by atoms with Gasteiger partial charge in [-0.3, -0.25) is 4.79 Å². The van der Waals surface area contributed by atoms with Crippen molar-refractivity contribution in [2.45, 2.75) is 85.4 Å². The van der Waals surface area contributed by atoms with E-state index in [9.17, 15) is 9.59 Å². The second-order valence-electron chi connectivity index (χ2n) is 9.81. The molecular weight excluding hydrogens is 368 g/mol. The summed E-state index contributed by atoms with van der Waals surface area (Å²) in [4.78, 5) is 29.1. The Bertz CT molecular complexity index is 501. The van der Waals surface area contributed by atoms with Gasteiger partial charge in [0, 0.05) is 32.2 Å². The number of hydrogen-bond acceptors (Lipinski definition) is 5. The minimum Gasteiger partial charge on any atom is -0.444 e. The number of unbranched alkanes of at least 4 members (excludes halogenated alkanes) is 1. The highest BCUT2D eigenvalue weighted by atomic mass is 16.6. The predicted octanol–water partition coefficient (Wildman–Crippen LogP) is 2.83. The third-order valence-corrected chi connectivity index (χ3v) is 5.32. The number of ether oxygens (including phenoxy) is 1. The quantitative estimate of drug-likeness (QED) is 0.569. The van der Waals surface area contributed by atoms with Crippen molar-refractivity contribution in [3.63, 3.8) is 0 Å². The molecule has 2 amide bonds. The number of carbonyl (C=O) groups is 2. The molecule has 7 nitrogen and oxygen atoms in total. The summed E-state index contributed by atoms with van der Waals surface area (Å²) in [6.45, 7) is 17.1. The van der Waals surface area contributed by atoms with Gasteiger partial charge in [-0.15, -0.1) is 0 Å². The van der Waals surface area contributed by atoms with Crippen LogP contribution in [0, 0.1) is 11.8 Å². The van der Waals surface area contributed by atoms with Gasteiger partial charge in [-0.25, -0.2) is 4.79 Å². The second kappa shape index (κ2) is 11.7. The number of nitrogens with two attached hydrogens (primary N) is 1. The van der Waals surface area contributed by atoms with E-state index in [1.807, 2.05) is 25.7 Å². The van der Waals surface area contributed by atoms with Crippen LogP contribution in [0.25, 0.3) is 0 Å². The zero-order chi connectivity index (χ0) is 22.2. The summed E-state index contributed by atoms with van der Waals surface area (Å²) in [5.41, 5.74) is 5.14. The maximum absolute atomic E-state index is 13.3. The van der Waals surface area contributed by atoms with Crippen LogP contribution in [-0.4, -0.2) is 72.2 Å². The average Bonchev–Trinajstić information content (AvgIpc) is 2.62. The Morgan fingerprint density at radius 2 is 1.48 bits per heavy atom. The first kappa shape index (κ1) is 25.7. The van der Waals surface area contributed by atoms with E-state index in [1.165, 1.54) is 0 Å². The van der Waals surface area contributed by atoms with E-state index in [4.69, 9.17) is 10.5 Å². The average molecular weight is 413 g/mol. The van der Waals surface area contributed by atoms with Crippen molar-refractivity contribution in [1.29, 1.82) is 0 Å². The van der Waals surface area contributed by atoms with Gasteiger partial charge in [0.25, 0.3) is 0 Å². The summed E-state index contributed by atoms with van der Waals surface area (Å²) in [7, 11) is 0. The molecule has 1 unspecified atom stereocenters. The second-order valence-corrected chi connectivity index (χ2v) is 9.81. The van der Waals surface area contributed by atoms with Gasteiger partial charge in [-0.2, -0.15) is 0 Å². The number of nitrogens with zero attached hydrogens (tertiary/aromatic N) is 2. The Hall–Kier alpha value is -1.34. The first-order chi connectivity index (χ1) is 13.5. The fourth-order valence-electron chi connectivity index (χ4n) is 3.81. The lowest BCUT2D eigenvalue weighted by Crippen LogP contribution is -2.57. The summed E-state index contributed by atoms with van der Waals surface area (Å²) >= 11 is 0. The first-order valence-corrected chi connectivity index (χ1v) is 11.2. The van der Waals surface area contributed by atoms with Crippen molar-refractivity contribution in [1.82, 2.24) is 15.1 Å². The summed E-state index contributed by atoms with van der Waals surface area (Å²) < 4.78 is 5.45. The molecule has 0 spiro atoms. The molecule has 1 rings (SSSR count). The molecule has 0 aromatic carbocycles. The number of hydrogen-bond donors (Lipinski definition) is 2. The molecule has 3 N–H and O–H groups in total. The lowest BCUT2D eigenvalue weighted by Gasteiger charge is -2.38. The van der Waals surface area contributed by atoms with Gasteiger partial charge in [-0.1, -0.05) is 34.1 Å². The number of piperazine rings is 1. The zero-order valence-corrected chi connectivity index (χ0v) is 19.7. The van der Waals surface area contributed by atoms with Crippen molar-refractivity contribution < 1.29 is 14.3 Å². The number of amides is 2. The Kier molecular flexibility index (Phi) is 10.4. The van der Waals surface area contributed by atoms with E-state index in [0.717, 1.165) is 19.3 Å². The van der Waals surface area contributed by atoms with Crippen LogP contribution in [0.3, 0.4) is 0 Å². The molecule has 0 saturated carbocycles. The van der Waals surface area contributed by atoms with Crippen molar-refractivity contribution in [3.8, 4) is 0 Å². The Morgan fingerprint density at radius 1 is 0.966 bits per heavy atom. The van der Waals surface area contributed by atoms with Crippen molar-refractivity contribution in [2.75, 3.05) is 32.7 Å². The van der Waals surface area contributed by atoms with Crippen LogP contribution in [-0.2, 0) is 9.53 Å². The molecule has 0 aliphatic carbocycles. The van der Waals surface area contributed by atoms with E-state index >= 15 is 0 Å². The molecule has 1 atom stereocenters. The Labute approximate surface area is 177 Å². The predicted molar refractivity (Wildman–Crippen MR) is 118 cm³/mol. The van der Waals surface area contributed by atoms with Gasteiger partial charge in [0.05, 0.1) is 6.04 Å². The standard InChI is InChI=1S/C22H44N4O3/c1-16(2)19(17(3)4)24-18(10-8-9-11-23)20(27)25-12-14-26(15-13-25)21(28)29-22(5,6)7/h16-19,24H,8-15,23H2,1-7H3. The highest BCUT2D eigenvalue weighted by Crippen LogP contribution is 2.17. The van der Waals surface area contributed by atoms with Gasteiger partial charge in [0.1, 0.15) is 5.60 Å². The maximum Gasteiger partial charge on any atom is 0.410 e. The van der Waals surface area contributed by atoms with Crippen LogP contribution in [0.15, 0.2) is 0 Å². The lowest BCUT2D eigenvalue weighted by atomic mass is 9.91. The topological polar surface area (TPSA) is 87.9 Å². The molecule has 7 heteroatoms. The van der Waals surface area contributed by atoms with E-state index < -0.39 is 5.60 Å². The third kappa shape index (κ3) is 8.91. The third-order valence-electron chi connectivity index (χ3n) is 5.32. The van der Waals surface area contributed by atoms with Crippen LogP contribution < -0.4 is 11.1 Å². The van der Waals surface area contributed by atoms with E-state index in [0.29, 0.717) is 44.6 Å². The van der Waals surface area contributed by atoms with E-state index in [2.05, 4.69) is 33.0 Å². The fraction of sp³-hybridized carbons (Fsp3) is 0.909. The van der Waals surface area contributed by atoms with Crippen LogP contribution >= 0.6 is 0 Å². The fourth-order valence-corrected chi connectivity index (χ4v) is 3.81. The smallest absolute Gasteiger partial charge is 0.410 e. The molecular formula is C22H44N4O3. The van der Waals surface area contributed by atoms with Crippen LogP contribution in [0.2, 0.25) is 0 Å². The first-order valence-electron chi connectivity index (χ1n) is 11.2. The summed E-state index contributed by atoms with van der Waals surface area (Å²) in [5, 5.41) is 3.64. The molecule has 0 aromatic rings. The van der Waals surface area contributed by atoms with Crippen LogP contribution in [0.4, 0.5) is 4.79 Å². The van der Waals surface area contributed by atoms with Crippen molar-refractivity contribution in [3.05, 3.63) is 0 Å². The molecule has 0 aromatic heterocycles. The summed E-state index contributed by atoms with van der Waals surface area (Å²) in [6.07, 6.45) is 2.34. The minimum absolute atomic E-state index is 0.136. The maximum atomic E-state index is 13.3. The van der Waals surface area contributed by atoms with Crippen LogP contribution in [0.1, 0.15) is 67.7 Å². The SMILES string of the molecule is CC(C)C(NC(CCCCN)C(=O)N1CCN(C(=O)OC(C)(C)C)CC1)C(C)C. The summed E-state index contributed by atoms with van der Waals surface area (Å²) in [6, 6.07) is 0.0781. The lowest BCUT2D eigenvalue weighted by molar-refractivity contribution is -0.135. The molecule has 29 heavy (non-hydrogen) atoms. The van der Waals surface area contributed by atoms with Gasteiger partial charge < -0.3 is 25.6 Å². The number of nitrogens with one attached hydrogen (secondary N) is 1. The van der Waals surface area contributed by atoms with Gasteiger partial charge in [0.15, 0.2) is 0 Å². The minimum atomic E-state index is -0.509. The Morgan fingerprint density at radius 3 is 1.93 bits per heavy atom. The molecule has 0 radical (unpaired) electrons. The molecule has 1 fully saturated rings.